The molecule has 1 aromatic rings. The van der Waals surface area contributed by atoms with Gasteiger partial charge in [-0.3, -0.25) is 4.18 Å². The van der Waals surface area contributed by atoms with E-state index in [1.807, 2.05) is 12.1 Å². The van der Waals surface area contributed by atoms with Crippen molar-refractivity contribution < 1.29 is 21.6 Å². The number of rotatable bonds is 3. The maximum Gasteiger partial charge on any atom is 0.217 e. The van der Waals surface area contributed by atoms with E-state index >= 15 is 0 Å². The van der Waals surface area contributed by atoms with Crippen LogP contribution in [0.5, 0.6) is 0 Å². The SMILES string of the molecule is COS(=O)(=O)[O-].C[N+](C)(C)Cc1ccc(N)cc1. The number of nitrogen functional groups attached to an aromatic ring is 1. The number of quaternary nitrogens is 1. The smallest absolute Gasteiger partial charge is 0.217 e. The zero-order valence-electron chi connectivity index (χ0n) is 11.1. The standard InChI is InChI=1S/C10H17N2.CH4O4S/c1-12(2,3)8-9-4-6-10(11)7-5-9;1-5-6(2,3)4/h4-7H,8,11H2,1-3H3;1H3,(H,2,3,4)/q+1;/p-1. The van der Waals surface area contributed by atoms with Crippen molar-refractivity contribution in [2.75, 3.05) is 34.0 Å². The summed E-state index contributed by atoms with van der Waals surface area (Å²) in [7, 11) is 2.93. The van der Waals surface area contributed by atoms with Crippen LogP contribution in [0.4, 0.5) is 5.69 Å². The molecule has 7 heteroatoms. The Morgan fingerprint density at radius 2 is 1.61 bits per heavy atom. The lowest BCUT2D eigenvalue weighted by atomic mass is 10.2. The average molecular weight is 276 g/mol. The fraction of sp³-hybridized carbons (Fsp3) is 0.455. The Kier molecular flexibility index (Phi) is 6.27. The molecule has 0 aliphatic carbocycles. The first-order valence-electron chi connectivity index (χ1n) is 5.20. The summed E-state index contributed by atoms with van der Waals surface area (Å²) in [5.41, 5.74) is 7.75. The molecule has 0 saturated heterocycles. The lowest BCUT2D eigenvalue weighted by Crippen LogP contribution is -2.33. The lowest BCUT2D eigenvalue weighted by molar-refractivity contribution is -0.884. The summed E-state index contributed by atoms with van der Waals surface area (Å²) in [6, 6.07) is 8.06. The highest BCUT2D eigenvalue weighted by Gasteiger charge is 2.07. The molecule has 0 amide bonds. The first-order valence-corrected chi connectivity index (χ1v) is 6.53. The Balaban J connectivity index is 0.000000411. The second-order valence-electron chi connectivity index (χ2n) is 4.76. The van der Waals surface area contributed by atoms with E-state index in [1.165, 1.54) is 5.56 Å². The van der Waals surface area contributed by atoms with Gasteiger partial charge in [0.2, 0.25) is 10.4 Å². The van der Waals surface area contributed by atoms with Crippen molar-refractivity contribution in [1.29, 1.82) is 0 Å². The van der Waals surface area contributed by atoms with Gasteiger partial charge >= 0.3 is 0 Å². The number of nitrogens with zero attached hydrogens (tertiary/aromatic N) is 1. The van der Waals surface area contributed by atoms with Crippen LogP contribution in [0.15, 0.2) is 24.3 Å². The topological polar surface area (TPSA) is 92.5 Å². The molecule has 0 aliphatic heterocycles. The molecule has 2 N–H and O–H groups in total. The highest BCUT2D eigenvalue weighted by molar-refractivity contribution is 7.80. The van der Waals surface area contributed by atoms with Crippen LogP contribution < -0.4 is 5.73 Å². The maximum atomic E-state index is 9.22. The molecule has 0 bridgehead atoms. The summed E-state index contributed by atoms with van der Waals surface area (Å²) in [6.07, 6.45) is 0. The molecule has 0 fully saturated rings. The van der Waals surface area contributed by atoms with Gasteiger partial charge in [-0.1, -0.05) is 12.1 Å². The van der Waals surface area contributed by atoms with Crippen LogP contribution in [0.2, 0.25) is 0 Å². The number of hydrogen-bond acceptors (Lipinski definition) is 5. The molecule has 0 unspecified atom stereocenters. The third-order valence-corrected chi connectivity index (χ3v) is 2.25. The molecular formula is C11H20N2O4S. The fourth-order valence-electron chi connectivity index (χ4n) is 1.17. The first kappa shape index (κ1) is 16.9. The number of benzene rings is 1. The van der Waals surface area contributed by atoms with Gasteiger partial charge < -0.3 is 14.8 Å². The third kappa shape index (κ3) is 10.0. The van der Waals surface area contributed by atoms with E-state index in [0.717, 1.165) is 23.8 Å². The number of anilines is 1. The van der Waals surface area contributed by atoms with Gasteiger partial charge in [0.25, 0.3) is 0 Å². The number of nitrogens with two attached hydrogens (primary N) is 1. The van der Waals surface area contributed by atoms with Gasteiger partial charge in [0.15, 0.2) is 0 Å². The van der Waals surface area contributed by atoms with Crippen molar-refractivity contribution in [3.05, 3.63) is 29.8 Å². The zero-order chi connectivity index (χ0) is 14.4. The summed E-state index contributed by atoms with van der Waals surface area (Å²) >= 11 is 0. The Bertz CT molecular complexity index is 449. The molecule has 0 heterocycles. The first-order chi connectivity index (χ1) is 8.03. The van der Waals surface area contributed by atoms with Crippen molar-refractivity contribution in [1.82, 2.24) is 0 Å². The van der Waals surface area contributed by atoms with E-state index in [4.69, 9.17) is 5.73 Å². The van der Waals surface area contributed by atoms with Crippen LogP contribution in [0.25, 0.3) is 0 Å². The summed E-state index contributed by atoms with van der Waals surface area (Å²) in [4.78, 5) is 0. The Hall–Kier alpha value is -1.15. The largest absolute Gasteiger partial charge is 0.726 e. The van der Waals surface area contributed by atoms with E-state index in [2.05, 4.69) is 37.5 Å². The van der Waals surface area contributed by atoms with Crippen LogP contribution in [-0.2, 0) is 21.1 Å². The van der Waals surface area contributed by atoms with Gasteiger partial charge in [-0.05, 0) is 12.1 Å². The summed E-state index contributed by atoms with van der Waals surface area (Å²) in [6.45, 7) is 1.04. The Morgan fingerprint density at radius 3 is 1.89 bits per heavy atom. The molecule has 6 nitrogen and oxygen atoms in total. The minimum absolute atomic E-state index is 0.808. The molecule has 0 aromatic heterocycles. The second-order valence-corrected chi connectivity index (χ2v) is 5.91. The highest BCUT2D eigenvalue weighted by Crippen LogP contribution is 2.09. The van der Waals surface area contributed by atoms with E-state index in [-0.39, 0.29) is 0 Å². The molecule has 0 aliphatic rings. The van der Waals surface area contributed by atoms with Gasteiger partial charge in [0.05, 0.1) is 28.3 Å². The van der Waals surface area contributed by atoms with Crippen molar-refractivity contribution in [2.45, 2.75) is 6.54 Å². The quantitative estimate of drug-likeness (QED) is 0.377. The van der Waals surface area contributed by atoms with E-state index in [9.17, 15) is 13.0 Å². The molecule has 18 heavy (non-hydrogen) atoms. The van der Waals surface area contributed by atoms with Crippen LogP contribution in [-0.4, -0.2) is 45.7 Å². The van der Waals surface area contributed by atoms with E-state index in [0.29, 0.717) is 0 Å². The Labute approximate surface area is 109 Å². The molecule has 0 atom stereocenters. The zero-order valence-corrected chi connectivity index (χ0v) is 11.9. The van der Waals surface area contributed by atoms with Crippen molar-refractivity contribution in [3.63, 3.8) is 0 Å². The molecule has 0 spiro atoms. The van der Waals surface area contributed by atoms with Crippen LogP contribution >= 0.6 is 0 Å². The monoisotopic (exact) mass is 276 g/mol. The van der Waals surface area contributed by atoms with Crippen LogP contribution in [0.1, 0.15) is 5.56 Å². The fourth-order valence-corrected chi connectivity index (χ4v) is 1.17. The van der Waals surface area contributed by atoms with Gasteiger partial charge in [-0.25, -0.2) is 8.42 Å². The summed E-state index contributed by atoms with van der Waals surface area (Å²) in [5, 5.41) is 0. The second kappa shape index (κ2) is 6.69. The van der Waals surface area contributed by atoms with Crippen molar-refractivity contribution in [3.8, 4) is 0 Å². The van der Waals surface area contributed by atoms with E-state index < -0.39 is 10.4 Å². The summed E-state index contributed by atoms with van der Waals surface area (Å²) in [5.74, 6) is 0. The van der Waals surface area contributed by atoms with Gasteiger partial charge in [0, 0.05) is 11.3 Å². The highest BCUT2D eigenvalue weighted by atomic mass is 32.3. The Morgan fingerprint density at radius 1 is 1.22 bits per heavy atom. The number of hydrogen-bond donors (Lipinski definition) is 1. The molecule has 1 rings (SSSR count). The predicted molar refractivity (Wildman–Crippen MR) is 69.3 cm³/mol. The minimum atomic E-state index is -4.41. The predicted octanol–water partition coefficient (Wildman–Crippen LogP) is 0.568. The van der Waals surface area contributed by atoms with Gasteiger partial charge in [0.1, 0.15) is 6.54 Å². The minimum Gasteiger partial charge on any atom is -0.726 e. The lowest BCUT2D eigenvalue weighted by Gasteiger charge is -2.23. The summed E-state index contributed by atoms with van der Waals surface area (Å²) < 4.78 is 32.0. The van der Waals surface area contributed by atoms with Crippen molar-refractivity contribution >= 4 is 16.1 Å². The molecular weight excluding hydrogens is 256 g/mol. The molecule has 1 aromatic carbocycles. The van der Waals surface area contributed by atoms with E-state index in [1.54, 1.807) is 0 Å². The molecule has 0 radical (unpaired) electrons. The van der Waals surface area contributed by atoms with Crippen molar-refractivity contribution in [2.24, 2.45) is 0 Å². The maximum absolute atomic E-state index is 9.22. The molecule has 104 valence electrons. The van der Waals surface area contributed by atoms with Crippen LogP contribution in [0, 0.1) is 0 Å². The van der Waals surface area contributed by atoms with Gasteiger partial charge in [-0.15, -0.1) is 0 Å². The molecule has 0 saturated carbocycles. The van der Waals surface area contributed by atoms with Gasteiger partial charge in [-0.2, -0.15) is 0 Å². The third-order valence-electron chi connectivity index (χ3n) is 1.84. The average Bonchev–Trinajstić information content (AvgIpc) is 2.19. The van der Waals surface area contributed by atoms with Crippen LogP contribution in [0.3, 0.4) is 0 Å². The normalized spacial score (nSPS) is 11.6.